The smallest absolute Gasteiger partial charge is 0.266 e. The summed E-state index contributed by atoms with van der Waals surface area (Å²) in [6.45, 7) is 1.02. The van der Waals surface area contributed by atoms with Gasteiger partial charge in [0.25, 0.3) is 15.9 Å². The lowest BCUT2D eigenvalue weighted by Gasteiger charge is -2.22. The number of nitrogens with one attached hydrogen (secondary N) is 4. The highest BCUT2D eigenvalue weighted by Gasteiger charge is 2.61. The average molecular weight is 696 g/mol. The standard InChI is InChI=1S/C38H41N5O6S/c1-48-27-17-18-29-32(20-27)41-31(25-12-6-5-7-13-25)22-34(29)49-28-21-33(40-24-28)36(44)42-38-23-26(38)14-8-3-2-4-11-19-39-30-15-9-10-16-35(30)50(46,47)43-37(38)45/h5-10,12-18,20,22,26,28,33,39-40H,2-4,11,19,21,23-24H2,1H3,(H,42,44)(H,43,45)/b14-8-/t26-,28?,33+,38-/m1/s1. The number of ether oxygens (including phenoxy) is 2. The number of fused-ring (bicyclic) bond motifs is 3. The van der Waals surface area contributed by atoms with Gasteiger partial charge in [0.1, 0.15) is 28.0 Å². The Balaban J connectivity index is 1.09. The number of rotatable bonds is 6. The second-order valence-corrected chi connectivity index (χ2v) is 14.7. The molecule has 2 amide bonds. The third-order valence-corrected chi connectivity index (χ3v) is 11.0. The Bertz CT molecular complexity index is 2040. The van der Waals surface area contributed by atoms with Gasteiger partial charge < -0.3 is 25.4 Å². The molecule has 0 bridgehead atoms. The Kier molecular flexibility index (Phi) is 9.48. The van der Waals surface area contributed by atoms with Crippen LogP contribution in [0.2, 0.25) is 0 Å². The minimum absolute atomic E-state index is 0.00704. The van der Waals surface area contributed by atoms with E-state index in [2.05, 4.69) is 20.7 Å². The van der Waals surface area contributed by atoms with Crippen LogP contribution in [-0.2, 0) is 19.6 Å². The van der Waals surface area contributed by atoms with Gasteiger partial charge in [-0.1, -0.05) is 61.0 Å². The molecule has 3 aliphatic rings. The minimum Gasteiger partial charge on any atom is -0.497 e. The third-order valence-electron chi connectivity index (χ3n) is 9.65. The topological polar surface area (TPSA) is 148 Å². The van der Waals surface area contributed by atoms with Crippen LogP contribution in [0.3, 0.4) is 0 Å². The van der Waals surface area contributed by atoms with Crippen LogP contribution < -0.4 is 30.1 Å². The molecule has 1 saturated heterocycles. The molecule has 2 fully saturated rings. The summed E-state index contributed by atoms with van der Waals surface area (Å²) in [6, 6.07) is 23.3. The van der Waals surface area contributed by atoms with Crippen LogP contribution in [0.1, 0.15) is 38.5 Å². The van der Waals surface area contributed by atoms with Gasteiger partial charge in [-0.05, 0) is 49.9 Å². The summed E-state index contributed by atoms with van der Waals surface area (Å²) in [7, 11) is -2.61. The van der Waals surface area contributed by atoms with Gasteiger partial charge in [0, 0.05) is 48.5 Å². The molecule has 11 nitrogen and oxygen atoms in total. The van der Waals surface area contributed by atoms with Gasteiger partial charge in [0.05, 0.1) is 30.0 Å². The number of carbonyl (C=O) groups is 2. The van der Waals surface area contributed by atoms with Crippen molar-refractivity contribution in [2.45, 2.75) is 61.1 Å². The van der Waals surface area contributed by atoms with E-state index in [9.17, 15) is 18.0 Å². The number of benzene rings is 3. The molecule has 1 aliphatic carbocycles. The van der Waals surface area contributed by atoms with E-state index in [0.29, 0.717) is 43.1 Å². The molecule has 1 saturated carbocycles. The van der Waals surface area contributed by atoms with Gasteiger partial charge in [-0.25, -0.2) is 18.1 Å². The SMILES string of the molecule is COc1ccc2c(OC3CN[C@H](C(=O)N[C@]45C[C@H]4/C=C\CCCCCNc4ccccc4S(=O)(=O)NC5=O)C3)cc(-c3ccccc3)nc2c1. The lowest BCUT2D eigenvalue weighted by Crippen LogP contribution is -2.55. The predicted molar refractivity (Wildman–Crippen MR) is 191 cm³/mol. The van der Waals surface area contributed by atoms with E-state index in [1.807, 2.05) is 66.7 Å². The molecule has 3 heterocycles. The second-order valence-electron chi connectivity index (χ2n) is 13.1. The molecule has 1 unspecified atom stereocenters. The molecule has 50 heavy (non-hydrogen) atoms. The van der Waals surface area contributed by atoms with E-state index >= 15 is 0 Å². The zero-order chi connectivity index (χ0) is 34.7. The van der Waals surface area contributed by atoms with Crippen molar-refractivity contribution in [2.75, 3.05) is 25.5 Å². The molecule has 2 aliphatic heterocycles. The number of para-hydroxylation sites is 1. The van der Waals surface area contributed by atoms with Crippen LogP contribution in [0, 0.1) is 5.92 Å². The maximum Gasteiger partial charge on any atom is 0.266 e. The number of anilines is 1. The summed E-state index contributed by atoms with van der Waals surface area (Å²) in [6.07, 6.45) is 7.93. The van der Waals surface area contributed by atoms with Crippen LogP contribution >= 0.6 is 0 Å². The van der Waals surface area contributed by atoms with Gasteiger partial charge >= 0.3 is 0 Å². The molecule has 3 aromatic carbocycles. The molecular weight excluding hydrogens is 655 g/mol. The normalized spacial score (nSPS) is 25.4. The lowest BCUT2D eigenvalue weighted by molar-refractivity contribution is -0.130. The minimum atomic E-state index is -4.22. The molecule has 7 rings (SSSR count). The summed E-state index contributed by atoms with van der Waals surface area (Å²) in [5, 5.41) is 10.2. The molecule has 1 aromatic heterocycles. The maximum atomic E-state index is 13.8. The fourth-order valence-corrected chi connectivity index (χ4v) is 8.00. The maximum absolute atomic E-state index is 13.8. The lowest BCUT2D eigenvalue weighted by atomic mass is 10.1. The van der Waals surface area contributed by atoms with Gasteiger partial charge in [-0.2, -0.15) is 0 Å². The molecule has 4 aromatic rings. The monoisotopic (exact) mass is 695 g/mol. The Morgan fingerprint density at radius 2 is 1.82 bits per heavy atom. The summed E-state index contributed by atoms with van der Waals surface area (Å²) in [4.78, 5) is 32.4. The number of allylic oxidation sites excluding steroid dienone is 1. The van der Waals surface area contributed by atoms with Crippen LogP contribution in [0.25, 0.3) is 22.2 Å². The Morgan fingerprint density at radius 1 is 1.00 bits per heavy atom. The molecule has 0 radical (unpaired) electrons. The molecular formula is C38H41N5O6S. The number of pyridine rings is 1. The van der Waals surface area contributed by atoms with Crippen molar-refractivity contribution in [3.63, 3.8) is 0 Å². The van der Waals surface area contributed by atoms with E-state index in [1.165, 1.54) is 6.07 Å². The first-order valence-corrected chi connectivity index (χ1v) is 18.6. The summed E-state index contributed by atoms with van der Waals surface area (Å²) in [5.41, 5.74) is 1.46. The van der Waals surface area contributed by atoms with Crippen molar-refractivity contribution in [3.05, 3.63) is 91.0 Å². The largest absolute Gasteiger partial charge is 0.497 e. The quantitative estimate of drug-likeness (QED) is 0.206. The fraction of sp³-hybridized carbons (Fsp3) is 0.342. The molecule has 12 heteroatoms. The van der Waals surface area contributed by atoms with E-state index in [4.69, 9.17) is 14.5 Å². The summed E-state index contributed by atoms with van der Waals surface area (Å²) in [5.74, 6) is -0.141. The zero-order valence-electron chi connectivity index (χ0n) is 27.9. The first-order chi connectivity index (χ1) is 24.3. The van der Waals surface area contributed by atoms with Gasteiger partial charge in [0.2, 0.25) is 5.91 Å². The highest BCUT2D eigenvalue weighted by atomic mass is 32.2. The first kappa shape index (κ1) is 33.6. The van der Waals surface area contributed by atoms with Crippen LogP contribution in [0.15, 0.2) is 95.9 Å². The number of nitrogens with zero attached hydrogens (tertiary/aromatic N) is 1. The second kappa shape index (κ2) is 14.1. The summed E-state index contributed by atoms with van der Waals surface area (Å²) < 4.78 is 41.3. The van der Waals surface area contributed by atoms with Crippen molar-refractivity contribution in [2.24, 2.45) is 5.92 Å². The predicted octanol–water partition coefficient (Wildman–Crippen LogP) is 4.94. The molecule has 4 N–H and O–H groups in total. The van der Waals surface area contributed by atoms with Gasteiger partial charge in [-0.15, -0.1) is 0 Å². The van der Waals surface area contributed by atoms with Crippen LogP contribution in [0.4, 0.5) is 5.69 Å². The van der Waals surface area contributed by atoms with E-state index < -0.39 is 27.5 Å². The van der Waals surface area contributed by atoms with Crippen LogP contribution in [0.5, 0.6) is 11.5 Å². The van der Waals surface area contributed by atoms with Crippen molar-refractivity contribution in [1.82, 2.24) is 20.3 Å². The fourth-order valence-electron chi connectivity index (χ4n) is 6.78. The number of amides is 2. The highest BCUT2D eigenvalue weighted by Crippen LogP contribution is 2.46. The number of methoxy groups -OCH3 is 1. The number of hydrogen-bond acceptors (Lipinski definition) is 9. The highest BCUT2D eigenvalue weighted by molar-refractivity contribution is 7.90. The number of aromatic nitrogens is 1. The van der Waals surface area contributed by atoms with E-state index in [-0.39, 0.29) is 22.8 Å². The van der Waals surface area contributed by atoms with Crippen molar-refractivity contribution >= 4 is 38.4 Å². The first-order valence-electron chi connectivity index (χ1n) is 17.1. The molecule has 260 valence electrons. The Hall–Kier alpha value is -4.94. The van der Waals surface area contributed by atoms with Crippen molar-refractivity contribution < 1.29 is 27.5 Å². The van der Waals surface area contributed by atoms with Gasteiger partial charge in [0.15, 0.2) is 0 Å². The third kappa shape index (κ3) is 7.03. The van der Waals surface area contributed by atoms with E-state index in [1.54, 1.807) is 25.3 Å². The number of hydrogen-bond donors (Lipinski definition) is 4. The number of sulfonamides is 1. The molecule has 0 spiro atoms. The molecule has 4 atom stereocenters. The van der Waals surface area contributed by atoms with E-state index in [0.717, 1.165) is 47.8 Å². The van der Waals surface area contributed by atoms with Crippen LogP contribution in [-0.4, -0.2) is 63.1 Å². The van der Waals surface area contributed by atoms with Gasteiger partial charge in [-0.3, -0.25) is 9.59 Å². The Morgan fingerprint density at radius 3 is 2.66 bits per heavy atom. The van der Waals surface area contributed by atoms with Crippen molar-refractivity contribution in [1.29, 1.82) is 0 Å². The zero-order valence-corrected chi connectivity index (χ0v) is 28.7. The Labute approximate surface area is 291 Å². The summed E-state index contributed by atoms with van der Waals surface area (Å²) >= 11 is 0. The number of carbonyl (C=O) groups excluding carboxylic acids is 2. The van der Waals surface area contributed by atoms with Crippen molar-refractivity contribution in [3.8, 4) is 22.8 Å². The average Bonchev–Trinajstić information content (AvgIpc) is 3.62.